The van der Waals surface area contributed by atoms with Crippen molar-refractivity contribution in [2.24, 2.45) is 35.0 Å². The molecule has 0 aromatic rings. The smallest absolute Gasteiger partial charge is 0.249 e. The highest BCUT2D eigenvalue weighted by atomic mass is 16.2. The van der Waals surface area contributed by atoms with Gasteiger partial charge in [-0.1, -0.05) is 26.3 Å². The van der Waals surface area contributed by atoms with Crippen LogP contribution in [-0.4, -0.2) is 47.8 Å². The van der Waals surface area contributed by atoms with Crippen LogP contribution in [-0.2, 0) is 9.59 Å². The first kappa shape index (κ1) is 18.1. The highest BCUT2D eigenvalue weighted by Gasteiger charge is 2.64. The van der Waals surface area contributed by atoms with Crippen LogP contribution in [0.4, 0.5) is 0 Å². The largest absolute Gasteiger partial charge is 0.342 e. The molecule has 0 N–H and O–H groups in total. The van der Waals surface area contributed by atoms with Crippen molar-refractivity contribution in [3.05, 3.63) is 11.1 Å². The molecule has 4 nitrogen and oxygen atoms in total. The Balaban J connectivity index is 1.30. The Labute approximate surface area is 158 Å². The standard InChI is InChI=1S/C22H34N2O2/c1-7-12(2)13(3)20(25)23(6)19-15-10-24(11-16(15)19)21(26)14-8-17-18(9-14)22(17,4)5/h14-19H,7-11H2,1-6H3/b13-12+/t14?,15-,16+,17-,18+,19?. The zero-order valence-electron chi connectivity index (χ0n) is 17.2. The van der Waals surface area contributed by atoms with Crippen molar-refractivity contribution in [1.82, 2.24) is 9.80 Å². The van der Waals surface area contributed by atoms with Crippen molar-refractivity contribution in [1.29, 1.82) is 0 Å². The van der Waals surface area contributed by atoms with Gasteiger partial charge in [0.1, 0.15) is 0 Å². The molecule has 0 spiro atoms. The first-order valence-corrected chi connectivity index (χ1v) is 10.4. The van der Waals surface area contributed by atoms with Crippen molar-refractivity contribution in [3.8, 4) is 0 Å². The number of nitrogens with zero attached hydrogens (tertiary/aromatic N) is 2. The third-order valence-electron chi connectivity index (χ3n) is 8.43. The van der Waals surface area contributed by atoms with Crippen LogP contribution >= 0.6 is 0 Å². The van der Waals surface area contributed by atoms with Crippen LogP contribution in [0.2, 0.25) is 0 Å². The Morgan fingerprint density at radius 1 is 1.08 bits per heavy atom. The van der Waals surface area contributed by atoms with Crippen LogP contribution in [0.15, 0.2) is 11.1 Å². The molecule has 2 unspecified atom stereocenters. The van der Waals surface area contributed by atoms with Gasteiger partial charge in [-0.25, -0.2) is 0 Å². The van der Waals surface area contributed by atoms with Crippen molar-refractivity contribution in [2.45, 2.75) is 59.9 Å². The van der Waals surface area contributed by atoms with Gasteiger partial charge in [-0.3, -0.25) is 9.59 Å². The van der Waals surface area contributed by atoms with Crippen LogP contribution in [0.1, 0.15) is 53.9 Å². The van der Waals surface area contributed by atoms with Gasteiger partial charge in [-0.2, -0.15) is 0 Å². The lowest BCUT2D eigenvalue weighted by Crippen LogP contribution is -2.41. The Bertz CT molecular complexity index is 654. The number of carbonyl (C=O) groups excluding carboxylic acids is 2. The first-order valence-electron chi connectivity index (χ1n) is 10.4. The SMILES string of the molecule is CC/C(C)=C(\C)C(=O)N(C)C1[C@H]2CN(C(=O)C3C[C@@H]4[C@H](C3)C4(C)C)C[C@@H]12. The van der Waals surface area contributed by atoms with Crippen molar-refractivity contribution in [2.75, 3.05) is 20.1 Å². The molecule has 0 aromatic heterocycles. The van der Waals surface area contributed by atoms with Crippen LogP contribution in [0, 0.1) is 35.0 Å². The van der Waals surface area contributed by atoms with E-state index in [4.69, 9.17) is 0 Å². The third-order valence-corrected chi connectivity index (χ3v) is 8.43. The summed E-state index contributed by atoms with van der Waals surface area (Å²) >= 11 is 0. The molecule has 0 bridgehead atoms. The number of fused-ring (bicyclic) bond motifs is 2. The molecular formula is C22H34N2O2. The lowest BCUT2D eigenvalue weighted by atomic mass is 9.92. The first-order chi connectivity index (χ1) is 12.2. The Hall–Kier alpha value is -1.32. The second-order valence-corrected chi connectivity index (χ2v) is 9.94. The average molecular weight is 359 g/mol. The average Bonchev–Trinajstić information content (AvgIpc) is 3.20. The molecule has 4 rings (SSSR count). The number of allylic oxidation sites excluding steroid dienone is 1. The van der Waals surface area contributed by atoms with Gasteiger partial charge in [0.05, 0.1) is 0 Å². The number of hydrogen-bond donors (Lipinski definition) is 0. The Morgan fingerprint density at radius 3 is 2.12 bits per heavy atom. The minimum absolute atomic E-state index is 0.166. The topological polar surface area (TPSA) is 40.6 Å². The fraction of sp³-hybridized carbons (Fsp3) is 0.818. The molecule has 2 amide bonds. The number of likely N-dealkylation sites (N-methyl/N-ethyl adjacent to an activating group) is 1. The predicted molar refractivity (Wildman–Crippen MR) is 102 cm³/mol. The number of carbonyl (C=O) groups is 2. The molecule has 26 heavy (non-hydrogen) atoms. The second-order valence-electron chi connectivity index (χ2n) is 9.94. The number of piperidine rings is 1. The number of amides is 2. The van der Waals surface area contributed by atoms with E-state index in [-0.39, 0.29) is 11.8 Å². The van der Waals surface area contributed by atoms with Gasteiger partial charge in [0.2, 0.25) is 11.8 Å². The minimum atomic E-state index is 0.166. The third kappa shape index (κ3) is 2.55. The minimum Gasteiger partial charge on any atom is -0.342 e. The van der Waals surface area contributed by atoms with E-state index < -0.39 is 0 Å². The summed E-state index contributed by atoms with van der Waals surface area (Å²) < 4.78 is 0. The maximum absolute atomic E-state index is 12.9. The molecule has 0 aromatic carbocycles. The highest BCUT2D eigenvalue weighted by molar-refractivity contribution is 5.94. The van der Waals surface area contributed by atoms with Crippen LogP contribution in [0.3, 0.4) is 0 Å². The quantitative estimate of drug-likeness (QED) is 0.723. The summed E-state index contributed by atoms with van der Waals surface area (Å²) in [6.45, 7) is 12.5. The molecule has 4 aliphatic rings. The molecular weight excluding hydrogens is 324 g/mol. The van der Waals surface area contributed by atoms with Crippen molar-refractivity contribution < 1.29 is 9.59 Å². The highest BCUT2D eigenvalue weighted by Crippen LogP contribution is 2.68. The number of likely N-dealkylation sites (tertiary alicyclic amines) is 1. The Morgan fingerprint density at radius 2 is 1.62 bits per heavy atom. The van der Waals surface area contributed by atoms with Crippen molar-refractivity contribution >= 4 is 11.8 Å². The molecule has 1 saturated heterocycles. The van der Waals surface area contributed by atoms with E-state index in [9.17, 15) is 9.59 Å². The summed E-state index contributed by atoms with van der Waals surface area (Å²) in [4.78, 5) is 29.6. The van der Waals surface area contributed by atoms with Gasteiger partial charge >= 0.3 is 0 Å². The summed E-state index contributed by atoms with van der Waals surface area (Å²) in [6.07, 6.45) is 3.13. The fourth-order valence-electron chi connectivity index (χ4n) is 6.06. The molecule has 4 heteroatoms. The maximum atomic E-state index is 12.9. The van der Waals surface area contributed by atoms with Gasteiger partial charge in [0, 0.05) is 49.5 Å². The molecule has 1 heterocycles. The lowest BCUT2D eigenvalue weighted by Gasteiger charge is -2.28. The van der Waals surface area contributed by atoms with Crippen LogP contribution in [0.25, 0.3) is 0 Å². The number of hydrogen-bond acceptors (Lipinski definition) is 2. The molecule has 4 fully saturated rings. The molecule has 0 radical (unpaired) electrons. The molecule has 1 aliphatic heterocycles. The van der Waals surface area contributed by atoms with E-state index in [1.807, 2.05) is 25.8 Å². The summed E-state index contributed by atoms with van der Waals surface area (Å²) in [5.41, 5.74) is 2.55. The van der Waals surface area contributed by atoms with Gasteiger partial charge in [0.15, 0.2) is 0 Å². The van der Waals surface area contributed by atoms with E-state index in [1.165, 1.54) is 5.57 Å². The normalized spacial score (nSPS) is 39.8. The summed E-state index contributed by atoms with van der Waals surface area (Å²) in [5, 5.41) is 0. The lowest BCUT2D eigenvalue weighted by molar-refractivity contribution is -0.135. The molecule has 144 valence electrons. The van der Waals surface area contributed by atoms with Gasteiger partial charge in [-0.05, 0) is 50.4 Å². The van der Waals surface area contributed by atoms with E-state index in [2.05, 4.69) is 25.7 Å². The Kier molecular flexibility index (Phi) is 4.06. The van der Waals surface area contributed by atoms with Gasteiger partial charge in [0.25, 0.3) is 0 Å². The molecule has 6 atom stereocenters. The predicted octanol–water partition coefficient (Wildman–Crippen LogP) is 3.33. The van der Waals surface area contributed by atoms with Gasteiger partial charge < -0.3 is 9.80 Å². The van der Waals surface area contributed by atoms with Crippen molar-refractivity contribution in [3.63, 3.8) is 0 Å². The van der Waals surface area contributed by atoms with Gasteiger partial charge in [-0.15, -0.1) is 0 Å². The zero-order valence-corrected chi connectivity index (χ0v) is 17.2. The number of rotatable bonds is 4. The molecule has 3 aliphatic carbocycles. The van der Waals surface area contributed by atoms with E-state index in [1.54, 1.807) is 0 Å². The van der Waals surface area contributed by atoms with E-state index in [0.717, 1.165) is 49.8 Å². The fourth-order valence-corrected chi connectivity index (χ4v) is 6.06. The zero-order chi connectivity index (χ0) is 19.0. The summed E-state index contributed by atoms with van der Waals surface area (Å²) in [6, 6.07) is 0.335. The molecule has 3 saturated carbocycles. The monoisotopic (exact) mass is 358 g/mol. The van der Waals surface area contributed by atoms with E-state index >= 15 is 0 Å². The van der Waals surface area contributed by atoms with Crippen LogP contribution < -0.4 is 0 Å². The maximum Gasteiger partial charge on any atom is 0.249 e. The summed E-state index contributed by atoms with van der Waals surface area (Å²) in [7, 11) is 1.94. The summed E-state index contributed by atoms with van der Waals surface area (Å²) in [5.74, 6) is 3.38. The van der Waals surface area contributed by atoms with Crippen LogP contribution in [0.5, 0.6) is 0 Å². The van der Waals surface area contributed by atoms with E-state index in [0.29, 0.717) is 29.2 Å². The second kappa shape index (κ2) is 5.84.